The maximum Gasteiger partial charge on any atom is 0.317 e. The van der Waals surface area contributed by atoms with Gasteiger partial charge in [0.1, 0.15) is 23.4 Å². The van der Waals surface area contributed by atoms with Crippen LogP contribution in [0.5, 0.6) is 0 Å². The second kappa shape index (κ2) is 8.79. The highest BCUT2D eigenvalue weighted by Gasteiger charge is 2.57. The number of nitrogens with one attached hydrogen (secondary N) is 1. The molecule has 0 aliphatic carbocycles. The molecule has 2 unspecified atom stereocenters. The van der Waals surface area contributed by atoms with Gasteiger partial charge >= 0.3 is 5.97 Å². The Hall–Kier alpha value is -2.36. The van der Waals surface area contributed by atoms with Crippen LogP contribution < -0.4 is 5.32 Å². The van der Waals surface area contributed by atoms with Crippen molar-refractivity contribution in [3.8, 4) is 0 Å². The topological polar surface area (TPSA) is 95.9 Å². The Bertz CT molecular complexity index is 921. The number of hydrogen-bond acceptors (Lipinski definition) is 7. The van der Waals surface area contributed by atoms with Crippen LogP contribution in [0.1, 0.15) is 10.4 Å². The zero-order valence-electron chi connectivity index (χ0n) is 16.2. The van der Waals surface area contributed by atoms with Gasteiger partial charge in [0.2, 0.25) is 11.8 Å². The summed E-state index contributed by atoms with van der Waals surface area (Å²) in [5.41, 5.74) is -0.300. The van der Waals surface area contributed by atoms with E-state index in [2.05, 4.69) is 5.32 Å². The summed E-state index contributed by atoms with van der Waals surface area (Å²) in [7, 11) is 0. The van der Waals surface area contributed by atoms with Crippen LogP contribution in [0.3, 0.4) is 0 Å². The summed E-state index contributed by atoms with van der Waals surface area (Å²) in [4.78, 5) is 40.1. The quantitative estimate of drug-likeness (QED) is 0.493. The number of aliphatic hydroxyl groups is 1. The van der Waals surface area contributed by atoms with Crippen molar-refractivity contribution >= 4 is 40.9 Å². The van der Waals surface area contributed by atoms with Crippen LogP contribution in [0.2, 0.25) is 0 Å². The first-order chi connectivity index (χ1) is 14.5. The number of carbonyl (C=O) groups excluding carboxylic acids is 3. The molecule has 4 rings (SSSR count). The van der Waals surface area contributed by atoms with E-state index in [4.69, 9.17) is 4.74 Å². The second-order valence-electron chi connectivity index (χ2n) is 7.47. The Morgan fingerprint density at radius 1 is 1.23 bits per heavy atom. The van der Waals surface area contributed by atoms with E-state index in [0.717, 1.165) is 10.4 Å². The lowest BCUT2D eigenvalue weighted by atomic mass is 9.88. The molecule has 30 heavy (non-hydrogen) atoms. The van der Waals surface area contributed by atoms with Gasteiger partial charge in [0.25, 0.3) is 0 Å². The molecule has 2 aliphatic heterocycles. The van der Waals surface area contributed by atoms with Crippen molar-refractivity contribution in [2.45, 2.75) is 24.4 Å². The number of ether oxygens (including phenoxy) is 1. The number of thioether (sulfide) groups is 1. The van der Waals surface area contributed by atoms with Gasteiger partial charge in [-0.3, -0.25) is 14.4 Å². The fraction of sp³-hybridized carbons (Fsp3) is 0.381. The lowest BCUT2D eigenvalue weighted by Gasteiger charge is -2.53. The van der Waals surface area contributed by atoms with E-state index in [9.17, 15) is 19.5 Å². The maximum atomic E-state index is 12.7. The standard InChI is InChI=1S/C21H22N2O5S2/c24-12-21(20(27)28-10-14-5-2-1-3-6-14)11-23-18(26)17(19(23)30-13-21)22-16(25)9-15-7-4-8-29-15/h1-8,17,19,24H,9-13H2,(H,22,25)/t17?,19-,21?/m1/s1. The summed E-state index contributed by atoms with van der Waals surface area (Å²) >= 11 is 2.88. The molecule has 1 aromatic heterocycles. The molecule has 2 aliphatic rings. The highest BCUT2D eigenvalue weighted by Crippen LogP contribution is 2.42. The smallest absolute Gasteiger partial charge is 0.317 e. The van der Waals surface area contributed by atoms with Crippen molar-refractivity contribution in [2.75, 3.05) is 18.9 Å². The highest BCUT2D eigenvalue weighted by molar-refractivity contribution is 8.00. The van der Waals surface area contributed by atoms with Gasteiger partial charge in [0.05, 0.1) is 13.0 Å². The average Bonchev–Trinajstić information content (AvgIpc) is 3.29. The molecule has 0 spiro atoms. The molecule has 7 nitrogen and oxygen atoms in total. The number of esters is 1. The van der Waals surface area contributed by atoms with E-state index < -0.39 is 24.0 Å². The third kappa shape index (κ3) is 4.10. The number of fused-ring (bicyclic) bond motifs is 1. The van der Waals surface area contributed by atoms with Gasteiger partial charge in [-0.05, 0) is 17.0 Å². The van der Waals surface area contributed by atoms with Crippen LogP contribution in [0.4, 0.5) is 0 Å². The first kappa shape index (κ1) is 20.9. The Kier molecular flexibility index (Phi) is 6.12. The summed E-state index contributed by atoms with van der Waals surface area (Å²) in [5, 5.41) is 14.4. The van der Waals surface area contributed by atoms with Crippen LogP contribution in [0.15, 0.2) is 47.8 Å². The molecular formula is C21H22N2O5S2. The van der Waals surface area contributed by atoms with E-state index >= 15 is 0 Å². The van der Waals surface area contributed by atoms with Gasteiger partial charge < -0.3 is 20.1 Å². The minimum atomic E-state index is -1.16. The minimum absolute atomic E-state index is 0.0882. The fourth-order valence-corrected chi connectivity index (χ4v) is 5.81. The second-order valence-corrected chi connectivity index (χ2v) is 9.61. The molecule has 2 N–H and O–H groups in total. The highest BCUT2D eigenvalue weighted by atomic mass is 32.2. The van der Waals surface area contributed by atoms with Crippen LogP contribution in [0.25, 0.3) is 0 Å². The number of hydrogen-bond donors (Lipinski definition) is 2. The van der Waals surface area contributed by atoms with Crippen molar-refractivity contribution in [3.63, 3.8) is 0 Å². The van der Waals surface area contributed by atoms with E-state index in [-0.39, 0.29) is 36.8 Å². The van der Waals surface area contributed by atoms with Gasteiger partial charge in [-0.1, -0.05) is 36.4 Å². The predicted octanol–water partition coefficient (Wildman–Crippen LogP) is 1.41. The summed E-state index contributed by atoms with van der Waals surface area (Å²) in [6.45, 7) is -0.199. The number of aliphatic hydroxyl groups excluding tert-OH is 1. The van der Waals surface area contributed by atoms with Crippen molar-refractivity contribution in [3.05, 3.63) is 58.3 Å². The summed E-state index contributed by atoms with van der Waals surface area (Å²) < 4.78 is 5.44. The maximum absolute atomic E-state index is 12.7. The van der Waals surface area contributed by atoms with Crippen molar-refractivity contribution < 1.29 is 24.2 Å². The van der Waals surface area contributed by atoms with Gasteiger partial charge in [-0.15, -0.1) is 23.1 Å². The van der Waals surface area contributed by atoms with Crippen molar-refractivity contribution in [2.24, 2.45) is 5.41 Å². The Morgan fingerprint density at radius 3 is 2.73 bits per heavy atom. The first-order valence-electron chi connectivity index (χ1n) is 9.58. The number of benzene rings is 1. The molecular weight excluding hydrogens is 424 g/mol. The average molecular weight is 447 g/mol. The zero-order chi connectivity index (χ0) is 21.1. The number of β-lactam (4-membered cyclic amide) rings is 1. The van der Waals surface area contributed by atoms with E-state index in [0.29, 0.717) is 5.75 Å². The molecule has 2 saturated heterocycles. The van der Waals surface area contributed by atoms with Crippen molar-refractivity contribution in [1.29, 1.82) is 0 Å². The molecule has 9 heteroatoms. The third-order valence-corrected chi connectivity index (χ3v) is 7.79. The van der Waals surface area contributed by atoms with Gasteiger partial charge in [-0.2, -0.15) is 0 Å². The molecule has 0 saturated carbocycles. The number of nitrogens with zero attached hydrogens (tertiary/aromatic N) is 1. The normalized spacial score (nSPS) is 25.2. The molecule has 1 aromatic carbocycles. The molecule has 2 amide bonds. The fourth-order valence-electron chi connectivity index (χ4n) is 3.58. The lowest BCUT2D eigenvalue weighted by Crippen LogP contribution is -2.74. The van der Waals surface area contributed by atoms with E-state index in [1.54, 1.807) is 4.90 Å². The summed E-state index contributed by atoms with van der Waals surface area (Å²) in [5.74, 6) is -0.626. The molecule has 0 bridgehead atoms. The number of carbonyl (C=O) groups is 3. The summed E-state index contributed by atoms with van der Waals surface area (Å²) in [6.07, 6.45) is 0.241. The SMILES string of the molecule is O=C(Cc1cccs1)NC1C(=O)N2CC(CO)(C(=O)OCc3ccccc3)CS[C@H]12. The van der Waals surface area contributed by atoms with Crippen LogP contribution in [-0.2, 0) is 32.1 Å². The third-order valence-electron chi connectivity index (χ3n) is 5.32. The number of amides is 2. The molecule has 3 heterocycles. The Labute approximate surface area is 182 Å². The Morgan fingerprint density at radius 2 is 2.03 bits per heavy atom. The molecule has 0 radical (unpaired) electrons. The molecule has 158 valence electrons. The predicted molar refractivity (Wildman–Crippen MR) is 114 cm³/mol. The number of rotatable bonds is 7. The Balaban J connectivity index is 1.34. The van der Waals surface area contributed by atoms with Crippen molar-refractivity contribution in [1.82, 2.24) is 10.2 Å². The van der Waals surface area contributed by atoms with Crippen LogP contribution in [-0.4, -0.2) is 58.1 Å². The van der Waals surface area contributed by atoms with E-state index in [1.807, 2.05) is 47.8 Å². The van der Waals surface area contributed by atoms with Gasteiger partial charge in [0.15, 0.2) is 0 Å². The lowest BCUT2D eigenvalue weighted by molar-refractivity contribution is -0.166. The number of thiophene rings is 1. The minimum Gasteiger partial charge on any atom is -0.460 e. The summed E-state index contributed by atoms with van der Waals surface area (Å²) in [6, 6.07) is 12.5. The van der Waals surface area contributed by atoms with Gasteiger partial charge in [0, 0.05) is 17.2 Å². The molecule has 2 aromatic rings. The monoisotopic (exact) mass is 446 g/mol. The zero-order valence-corrected chi connectivity index (χ0v) is 17.8. The van der Waals surface area contributed by atoms with Crippen LogP contribution >= 0.6 is 23.1 Å². The van der Waals surface area contributed by atoms with E-state index in [1.165, 1.54) is 23.1 Å². The molecule has 3 atom stereocenters. The molecule has 2 fully saturated rings. The first-order valence-corrected chi connectivity index (χ1v) is 11.5. The van der Waals surface area contributed by atoms with Gasteiger partial charge in [-0.25, -0.2) is 0 Å². The largest absolute Gasteiger partial charge is 0.460 e. The van der Waals surface area contributed by atoms with Crippen LogP contribution in [0, 0.1) is 5.41 Å².